The van der Waals surface area contributed by atoms with E-state index in [0.29, 0.717) is 6.54 Å². The van der Waals surface area contributed by atoms with E-state index >= 15 is 0 Å². The smallest absolute Gasteiger partial charge is 0.236 e. The van der Waals surface area contributed by atoms with E-state index in [1.54, 1.807) is 12.4 Å². The maximum absolute atomic E-state index is 12.3. The Labute approximate surface area is 121 Å². The quantitative estimate of drug-likeness (QED) is 0.796. The van der Waals surface area contributed by atoms with Crippen LogP contribution in [0, 0.1) is 0 Å². The molecule has 1 amide bonds. The average molecular weight is 275 g/mol. The summed E-state index contributed by atoms with van der Waals surface area (Å²) in [5, 5.41) is 0. The van der Waals surface area contributed by atoms with Gasteiger partial charge >= 0.3 is 0 Å². The van der Waals surface area contributed by atoms with E-state index in [-0.39, 0.29) is 5.91 Å². The van der Waals surface area contributed by atoms with Gasteiger partial charge in [0.25, 0.3) is 0 Å². The van der Waals surface area contributed by atoms with Crippen LogP contribution < -0.4 is 0 Å². The number of amides is 1. The van der Waals surface area contributed by atoms with Crippen LogP contribution in [-0.2, 0) is 11.2 Å². The maximum Gasteiger partial charge on any atom is 0.236 e. The number of carbonyl (C=O) groups excluding carboxylic acids is 1. The molecule has 0 atom stereocenters. The summed E-state index contributed by atoms with van der Waals surface area (Å²) in [7, 11) is 0. The van der Waals surface area contributed by atoms with Gasteiger partial charge in [0, 0.05) is 25.5 Å². The molecule has 1 saturated heterocycles. The zero-order valence-electron chi connectivity index (χ0n) is 12.4. The summed E-state index contributed by atoms with van der Waals surface area (Å²) < 4.78 is 0. The van der Waals surface area contributed by atoms with Crippen molar-refractivity contribution in [3.05, 3.63) is 30.1 Å². The third-order valence-corrected chi connectivity index (χ3v) is 3.96. The molecule has 2 rings (SSSR count). The predicted molar refractivity (Wildman–Crippen MR) is 80.5 cm³/mol. The van der Waals surface area contributed by atoms with Crippen molar-refractivity contribution >= 4 is 5.91 Å². The molecule has 0 saturated carbocycles. The fraction of sp³-hybridized carbons (Fsp3) is 0.625. The zero-order chi connectivity index (χ0) is 14.2. The number of carbonyl (C=O) groups is 1. The first-order chi connectivity index (χ1) is 9.79. The van der Waals surface area contributed by atoms with Gasteiger partial charge in [0.2, 0.25) is 5.91 Å². The monoisotopic (exact) mass is 275 g/mol. The summed E-state index contributed by atoms with van der Waals surface area (Å²) in [5.41, 5.74) is 1.24. The number of aromatic nitrogens is 1. The fourth-order valence-corrected chi connectivity index (χ4v) is 2.68. The lowest BCUT2D eigenvalue weighted by molar-refractivity contribution is -0.132. The minimum Gasteiger partial charge on any atom is -0.342 e. The highest BCUT2D eigenvalue weighted by atomic mass is 16.2. The molecular weight excluding hydrogens is 250 g/mol. The molecule has 20 heavy (non-hydrogen) atoms. The molecule has 1 aromatic heterocycles. The Morgan fingerprint density at radius 3 is 2.60 bits per heavy atom. The maximum atomic E-state index is 12.3. The first-order valence-corrected chi connectivity index (χ1v) is 7.68. The topological polar surface area (TPSA) is 36.4 Å². The molecule has 1 aliphatic rings. The van der Waals surface area contributed by atoms with Crippen LogP contribution in [0.15, 0.2) is 24.5 Å². The normalized spacial score (nSPS) is 16.1. The molecule has 4 heteroatoms. The van der Waals surface area contributed by atoms with Gasteiger partial charge in [-0.25, -0.2) is 0 Å². The standard InChI is InChI=1S/C16H25N3O/c1-2-19(13-8-15-6-9-17-10-7-15)16(20)14-18-11-4-3-5-12-18/h6-7,9-10H,2-5,8,11-14H2,1H3. The molecule has 110 valence electrons. The van der Waals surface area contributed by atoms with Crippen LogP contribution in [0.5, 0.6) is 0 Å². The van der Waals surface area contributed by atoms with Crippen LogP contribution in [0.2, 0.25) is 0 Å². The molecule has 0 bridgehead atoms. The van der Waals surface area contributed by atoms with Gasteiger partial charge in [-0.1, -0.05) is 6.42 Å². The molecule has 0 radical (unpaired) electrons. The molecule has 0 spiro atoms. The third-order valence-electron chi connectivity index (χ3n) is 3.96. The molecule has 0 unspecified atom stereocenters. The molecule has 1 aliphatic heterocycles. The summed E-state index contributed by atoms with van der Waals surface area (Å²) in [4.78, 5) is 20.6. The molecule has 1 fully saturated rings. The van der Waals surface area contributed by atoms with Crippen LogP contribution in [-0.4, -0.2) is 53.4 Å². The van der Waals surface area contributed by atoms with Crippen molar-refractivity contribution in [1.82, 2.24) is 14.8 Å². The highest BCUT2D eigenvalue weighted by Crippen LogP contribution is 2.09. The minimum atomic E-state index is 0.267. The van der Waals surface area contributed by atoms with Gasteiger partial charge in [-0.3, -0.25) is 14.7 Å². The van der Waals surface area contributed by atoms with E-state index < -0.39 is 0 Å². The molecular formula is C16H25N3O. The highest BCUT2D eigenvalue weighted by molar-refractivity contribution is 5.78. The van der Waals surface area contributed by atoms with Gasteiger partial charge in [-0.05, 0) is 57.0 Å². The minimum absolute atomic E-state index is 0.267. The Kier molecular flexibility index (Phi) is 5.99. The van der Waals surface area contributed by atoms with Crippen LogP contribution in [0.1, 0.15) is 31.7 Å². The fourth-order valence-electron chi connectivity index (χ4n) is 2.68. The van der Waals surface area contributed by atoms with Gasteiger partial charge in [-0.2, -0.15) is 0 Å². The molecule has 0 N–H and O–H groups in total. The molecule has 1 aromatic rings. The molecule has 0 aliphatic carbocycles. The number of hydrogen-bond donors (Lipinski definition) is 0. The Balaban J connectivity index is 1.79. The Morgan fingerprint density at radius 1 is 1.25 bits per heavy atom. The third kappa shape index (κ3) is 4.60. The summed E-state index contributed by atoms with van der Waals surface area (Å²) in [6, 6.07) is 4.03. The lowest BCUT2D eigenvalue weighted by atomic mass is 10.1. The number of likely N-dealkylation sites (tertiary alicyclic amines) is 1. The highest BCUT2D eigenvalue weighted by Gasteiger charge is 2.17. The second-order valence-electron chi connectivity index (χ2n) is 5.42. The summed E-state index contributed by atoms with van der Waals surface area (Å²) >= 11 is 0. The molecule has 4 nitrogen and oxygen atoms in total. The van der Waals surface area contributed by atoms with Gasteiger partial charge in [-0.15, -0.1) is 0 Å². The second kappa shape index (κ2) is 8.00. The lowest BCUT2D eigenvalue weighted by Gasteiger charge is -2.29. The van der Waals surface area contributed by atoms with E-state index in [1.165, 1.54) is 24.8 Å². The summed E-state index contributed by atoms with van der Waals surface area (Å²) in [6.45, 7) is 6.39. The number of piperidine rings is 1. The van der Waals surface area contributed by atoms with Crippen molar-refractivity contribution in [2.45, 2.75) is 32.6 Å². The van der Waals surface area contributed by atoms with E-state index in [1.807, 2.05) is 17.0 Å². The van der Waals surface area contributed by atoms with Gasteiger partial charge < -0.3 is 4.90 Å². The SMILES string of the molecule is CCN(CCc1ccncc1)C(=O)CN1CCCCC1. The van der Waals surface area contributed by atoms with E-state index in [0.717, 1.165) is 32.6 Å². The van der Waals surface area contributed by atoms with E-state index in [4.69, 9.17) is 0 Å². The Hall–Kier alpha value is -1.42. The number of rotatable bonds is 6. The number of hydrogen-bond acceptors (Lipinski definition) is 3. The van der Waals surface area contributed by atoms with Crippen molar-refractivity contribution in [2.75, 3.05) is 32.7 Å². The van der Waals surface area contributed by atoms with Crippen LogP contribution in [0.3, 0.4) is 0 Å². The second-order valence-corrected chi connectivity index (χ2v) is 5.42. The summed E-state index contributed by atoms with van der Waals surface area (Å²) in [5.74, 6) is 0.267. The van der Waals surface area contributed by atoms with Crippen LogP contribution >= 0.6 is 0 Å². The number of nitrogens with zero attached hydrogens (tertiary/aromatic N) is 3. The Morgan fingerprint density at radius 2 is 1.95 bits per heavy atom. The first-order valence-electron chi connectivity index (χ1n) is 7.68. The first kappa shape index (κ1) is 15.0. The van der Waals surface area contributed by atoms with Crippen molar-refractivity contribution < 1.29 is 4.79 Å². The summed E-state index contributed by atoms with van der Waals surface area (Å²) in [6.07, 6.45) is 8.29. The predicted octanol–water partition coefficient (Wildman–Crippen LogP) is 1.96. The van der Waals surface area contributed by atoms with E-state index in [9.17, 15) is 4.79 Å². The van der Waals surface area contributed by atoms with Crippen LogP contribution in [0.4, 0.5) is 0 Å². The van der Waals surface area contributed by atoms with Crippen molar-refractivity contribution in [2.24, 2.45) is 0 Å². The zero-order valence-corrected chi connectivity index (χ0v) is 12.4. The van der Waals surface area contributed by atoms with Crippen LogP contribution in [0.25, 0.3) is 0 Å². The number of likely N-dealkylation sites (N-methyl/N-ethyl adjacent to an activating group) is 1. The van der Waals surface area contributed by atoms with Gasteiger partial charge in [0.15, 0.2) is 0 Å². The average Bonchev–Trinajstić information content (AvgIpc) is 2.50. The van der Waals surface area contributed by atoms with Gasteiger partial charge in [0.05, 0.1) is 6.54 Å². The van der Waals surface area contributed by atoms with Crippen molar-refractivity contribution in [3.63, 3.8) is 0 Å². The van der Waals surface area contributed by atoms with E-state index in [2.05, 4.69) is 16.8 Å². The molecule has 0 aromatic carbocycles. The van der Waals surface area contributed by atoms with Crippen molar-refractivity contribution in [1.29, 1.82) is 0 Å². The largest absolute Gasteiger partial charge is 0.342 e. The van der Waals surface area contributed by atoms with Gasteiger partial charge in [0.1, 0.15) is 0 Å². The lowest BCUT2D eigenvalue weighted by Crippen LogP contribution is -2.42. The molecule has 2 heterocycles. The Bertz CT molecular complexity index is 401. The number of pyridine rings is 1. The van der Waals surface area contributed by atoms with Crippen molar-refractivity contribution in [3.8, 4) is 0 Å².